The van der Waals surface area contributed by atoms with Gasteiger partial charge in [-0.25, -0.2) is 0 Å². The van der Waals surface area contributed by atoms with Crippen LogP contribution in [0.15, 0.2) is 28.7 Å². The molecule has 2 amide bonds. The number of carbonyl (C=O) groups is 2. The average molecular weight is 341 g/mol. The van der Waals surface area contributed by atoms with Crippen LogP contribution in [-0.2, 0) is 14.3 Å². The molecule has 1 fully saturated rings. The fraction of sp³-hybridized carbons (Fsp3) is 0.429. The second-order valence-corrected chi connectivity index (χ2v) is 5.70. The fourth-order valence-corrected chi connectivity index (χ4v) is 2.64. The summed E-state index contributed by atoms with van der Waals surface area (Å²) in [7, 11) is 0. The zero-order valence-corrected chi connectivity index (χ0v) is 12.6. The molecule has 0 aliphatic carbocycles. The molecule has 1 aliphatic rings. The van der Waals surface area contributed by atoms with E-state index in [1.54, 1.807) is 18.2 Å². The third-order valence-electron chi connectivity index (χ3n) is 3.35. The lowest BCUT2D eigenvalue weighted by Gasteiger charge is -2.24. The van der Waals surface area contributed by atoms with Crippen LogP contribution >= 0.6 is 15.9 Å². The summed E-state index contributed by atoms with van der Waals surface area (Å²) < 4.78 is 6.06. The highest BCUT2D eigenvalue weighted by Crippen LogP contribution is 2.20. The summed E-state index contributed by atoms with van der Waals surface area (Å²) in [5.41, 5.74) is 6.08. The first-order chi connectivity index (χ1) is 9.58. The number of halogens is 1. The summed E-state index contributed by atoms with van der Waals surface area (Å²) in [6.07, 6.45) is 1.35. The van der Waals surface area contributed by atoms with E-state index in [9.17, 15) is 9.59 Å². The maximum Gasteiger partial charge on any atom is 0.244 e. The van der Waals surface area contributed by atoms with Crippen molar-refractivity contribution in [1.82, 2.24) is 5.32 Å². The van der Waals surface area contributed by atoms with Gasteiger partial charge in [-0.2, -0.15) is 0 Å². The van der Waals surface area contributed by atoms with Gasteiger partial charge in [0.2, 0.25) is 11.8 Å². The molecule has 6 heteroatoms. The molecule has 0 spiro atoms. The van der Waals surface area contributed by atoms with Gasteiger partial charge in [-0.3, -0.25) is 9.59 Å². The normalized spacial score (nSPS) is 17.4. The van der Waals surface area contributed by atoms with Crippen LogP contribution in [0.2, 0.25) is 0 Å². The van der Waals surface area contributed by atoms with E-state index >= 15 is 0 Å². The lowest BCUT2D eigenvalue weighted by Crippen LogP contribution is -2.41. The second-order valence-electron chi connectivity index (χ2n) is 4.79. The van der Waals surface area contributed by atoms with Crippen LogP contribution in [0.25, 0.3) is 0 Å². The van der Waals surface area contributed by atoms with E-state index in [0.29, 0.717) is 31.6 Å². The third-order valence-corrected chi connectivity index (χ3v) is 3.84. The smallest absolute Gasteiger partial charge is 0.244 e. The SMILES string of the molecule is NC(=O)C(NC(=O)C1CCOCC1)c1cccc(Br)c1. The maximum atomic E-state index is 12.2. The summed E-state index contributed by atoms with van der Waals surface area (Å²) in [5.74, 6) is -0.821. The first-order valence-corrected chi connectivity index (χ1v) is 7.30. The number of ether oxygens (including phenoxy) is 1. The summed E-state index contributed by atoms with van der Waals surface area (Å²) >= 11 is 3.34. The Bertz CT molecular complexity index is 501. The molecule has 1 saturated heterocycles. The van der Waals surface area contributed by atoms with Gasteiger partial charge in [0.25, 0.3) is 0 Å². The van der Waals surface area contributed by atoms with Gasteiger partial charge in [0.1, 0.15) is 6.04 Å². The average Bonchev–Trinajstić information content (AvgIpc) is 2.45. The Labute approximate surface area is 126 Å². The van der Waals surface area contributed by atoms with Gasteiger partial charge in [0, 0.05) is 23.6 Å². The van der Waals surface area contributed by atoms with Gasteiger partial charge < -0.3 is 15.8 Å². The molecule has 0 aromatic heterocycles. The Kier molecular flexibility index (Phi) is 5.14. The van der Waals surface area contributed by atoms with E-state index in [2.05, 4.69) is 21.2 Å². The molecule has 1 atom stereocenters. The highest BCUT2D eigenvalue weighted by atomic mass is 79.9. The van der Waals surface area contributed by atoms with Gasteiger partial charge in [0.15, 0.2) is 0 Å². The number of hydrogen-bond donors (Lipinski definition) is 2. The van der Waals surface area contributed by atoms with Crippen molar-refractivity contribution < 1.29 is 14.3 Å². The molecule has 2 rings (SSSR count). The van der Waals surface area contributed by atoms with Crippen LogP contribution in [0.5, 0.6) is 0 Å². The van der Waals surface area contributed by atoms with Crippen molar-refractivity contribution in [2.75, 3.05) is 13.2 Å². The minimum Gasteiger partial charge on any atom is -0.381 e. The van der Waals surface area contributed by atoms with Crippen molar-refractivity contribution in [2.45, 2.75) is 18.9 Å². The Morgan fingerprint density at radius 3 is 2.65 bits per heavy atom. The lowest BCUT2D eigenvalue weighted by molar-refractivity contribution is -0.132. The summed E-state index contributed by atoms with van der Waals surface area (Å²) in [5, 5.41) is 2.74. The summed E-state index contributed by atoms with van der Waals surface area (Å²) in [6, 6.07) is 6.39. The summed E-state index contributed by atoms with van der Waals surface area (Å²) in [4.78, 5) is 23.8. The predicted molar refractivity (Wildman–Crippen MR) is 77.8 cm³/mol. The van der Waals surface area contributed by atoms with Gasteiger partial charge in [-0.1, -0.05) is 28.1 Å². The van der Waals surface area contributed by atoms with Crippen LogP contribution in [0.4, 0.5) is 0 Å². The number of primary amides is 1. The van der Waals surface area contributed by atoms with Crippen LogP contribution in [0.3, 0.4) is 0 Å². The van der Waals surface area contributed by atoms with E-state index in [1.807, 2.05) is 6.07 Å². The standard InChI is InChI=1S/C14H17BrN2O3/c15-11-3-1-2-10(8-11)12(13(16)18)17-14(19)9-4-6-20-7-5-9/h1-3,8-9,12H,4-7H2,(H2,16,18)(H,17,19). The second kappa shape index (κ2) is 6.85. The number of benzene rings is 1. The van der Waals surface area contributed by atoms with Crippen LogP contribution < -0.4 is 11.1 Å². The minimum absolute atomic E-state index is 0.113. The number of nitrogens with one attached hydrogen (secondary N) is 1. The molecule has 1 aromatic carbocycles. The van der Waals surface area contributed by atoms with Gasteiger partial charge in [-0.05, 0) is 30.5 Å². The minimum atomic E-state index is -0.803. The predicted octanol–water partition coefficient (Wildman–Crippen LogP) is 1.52. The Hall–Kier alpha value is -1.40. The van der Waals surface area contributed by atoms with Crippen molar-refractivity contribution in [3.05, 3.63) is 34.3 Å². The fourth-order valence-electron chi connectivity index (χ4n) is 2.22. The quantitative estimate of drug-likeness (QED) is 0.871. The molecule has 1 aliphatic heterocycles. The molecular weight excluding hydrogens is 324 g/mol. The number of hydrogen-bond acceptors (Lipinski definition) is 3. The van der Waals surface area contributed by atoms with Gasteiger partial charge in [0.05, 0.1) is 0 Å². The maximum absolute atomic E-state index is 12.2. The Morgan fingerprint density at radius 1 is 1.35 bits per heavy atom. The van der Waals surface area contributed by atoms with Gasteiger partial charge >= 0.3 is 0 Å². The molecular formula is C14H17BrN2O3. The number of amides is 2. The molecule has 108 valence electrons. The van der Waals surface area contributed by atoms with E-state index in [4.69, 9.17) is 10.5 Å². The van der Waals surface area contributed by atoms with Crippen molar-refractivity contribution >= 4 is 27.7 Å². The van der Waals surface area contributed by atoms with Crippen molar-refractivity contribution in [1.29, 1.82) is 0 Å². The third kappa shape index (κ3) is 3.80. The van der Waals surface area contributed by atoms with Crippen LogP contribution in [0.1, 0.15) is 24.4 Å². The Morgan fingerprint density at radius 2 is 2.05 bits per heavy atom. The van der Waals surface area contributed by atoms with Crippen LogP contribution in [-0.4, -0.2) is 25.0 Å². The molecule has 1 unspecified atom stereocenters. The molecule has 0 bridgehead atoms. The monoisotopic (exact) mass is 340 g/mol. The molecule has 1 heterocycles. The number of nitrogens with two attached hydrogens (primary N) is 1. The van der Waals surface area contributed by atoms with Gasteiger partial charge in [-0.15, -0.1) is 0 Å². The first kappa shape index (κ1) is 15.0. The largest absolute Gasteiger partial charge is 0.381 e. The van der Waals surface area contributed by atoms with Crippen LogP contribution in [0, 0.1) is 5.92 Å². The highest BCUT2D eigenvalue weighted by Gasteiger charge is 2.26. The molecule has 20 heavy (non-hydrogen) atoms. The van der Waals surface area contributed by atoms with E-state index in [0.717, 1.165) is 4.47 Å². The van der Waals surface area contributed by atoms with E-state index in [1.165, 1.54) is 0 Å². The van der Waals surface area contributed by atoms with Crippen molar-refractivity contribution in [3.8, 4) is 0 Å². The lowest BCUT2D eigenvalue weighted by atomic mass is 9.98. The zero-order chi connectivity index (χ0) is 14.5. The molecule has 0 saturated carbocycles. The molecule has 0 radical (unpaired) electrons. The van der Waals surface area contributed by atoms with E-state index in [-0.39, 0.29) is 11.8 Å². The molecule has 3 N–H and O–H groups in total. The van der Waals surface area contributed by atoms with Crippen molar-refractivity contribution in [3.63, 3.8) is 0 Å². The number of rotatable bonds is 4. The first-order valence-electron chi connectivity index (χ1n) is 6.51. The highest BCUT2D eigenvalue weighted by molar-refractivity contribution is 9.10. The van der Waals surface area contributed by atoms with Crippen molar-refractivity contribution in [2.24, 2.45) is 11.7 Å². The van der Waals surface area contributed by atoms with E-state index < -0.39 is 11.9 Å². The zero-order valence-electron chi connectivity index (χ0n) is 11.0. The molecule has 5 nitrogen and oxygen atoms in total. The Balaban J connectivity index is 2.09. The molecule has 1 aromatic rings. The topological polar surface area (TPSA) is 81.4 Å². The number of carbonyl (C=O) groups excluding carboxylic acids is 2. The summed E-state index contributed by atoms with van der Waals surface area (Å²) in [6.45, 7) is 1.16.